The first kappa shape index (κ1) is 44.5. The molecule has 1 fully saturated rings. The highest BCUT2D eigenvalue weighted by Crippen LogP contribution is 2.36. The second kappa shape index (κ2) is 19.7. The largest absolute Gasteiger partial charge is 0.478 e. The molecular weight excluding hydrogens is 925 g/mol. The van der Waals surface area contributed by atoms with Crippen LogP contribution in [0.25, 0.3) is 11.1 Å². The molecule has 63 heavy (non-hydrogen) atoms. The van der Waals surface area contributed by atoms with Gasteiger partial charge in [0.05, 0.1) is 32.5 Å². The number of hydrogen-bond donors (Lipinski definition) is 3. The molecule has 0 unspecified atom stereocenters. The minimum Gasteiger partial charge on any atom is -0.478 e. The minimum absolute atomic E-state index is 0.0274. The Balaban J connectivity index is 0.000000177. The Kier molecular flexibility index (Phi) is 13.9. The smallest absolute Gasteiger partial charge is 0.336 e. The molecule has 0 atom stereocenters. The molecule has 17 heteroatoms. The number of aromatic carboxylic acids is 1. The van der Waals surface area contributed by atoms with Gasteiger partial charge in [-0.15, -0.1) is 0 Å². The highest BCUT2D eigenvalue weighted by molar-refractivity contribution is 6.42. The Bertz CT molecular complexity index is 2680. The molecule has 3 aliphatic heterocycles. The van der Waals surface area contributed by atoms with Crippen LogP contribution in [0.4, 0.5) is 28.7 Å². The summed E-state index contributed by atoms with van der Waals surface area (Å²) in [6.45, 7) is 6.83. The zero-order valence-corrected chi connectivity index (χ0v) is 38.1. The summed E-state index contributed by atoms with van der Waals surface area (Å²) in [5.41, 5.74) is 6.85. The average molecular weight is 966 g/mol. The van der Waals surface area contributed by atoms with Gasteiger partial charge in [-0.3, -0.25) is 4.79 Å². The molecule has 5 heterocycles. The van der Waals surface area contributed by atoms with E-state index in [0.717, 1.165) is 71.6 Å². The zero-order valence-electron chi connectivity index (χ0n) is 33.6. The Hall–Kier alpha value is -5.14. The SMILES string of the molecule is O=C(O)c1ccccc1-c1cnc2c(c1)N(Cc1cc(Cl)ccc1Cl)CCN2.O=C(c1cnc2c(c1)N(Cc1cc(Cl)ccc1Cl)CCN2)N1CCN(c2ccc(Cl)c(Cl)c2)CC1. The van der Waals surface area contributed by atoms with Crippen molar-refractivity contribution in [3.05, 3.63) is 156 Å². The van der Waals surface area contributed by atoms with Crippen molar-refractivity contribution >= 4 is 110 Å². The highest BCUT2D eigenvalue weighted by Gasteiger charge is 2.27. The van der Waals surface area contributed by atoms with Crippen LogP contribution < -0.4 is 25.3 Å². The first-order chi connectivity index (χ1) is 30.4. The van der Waals surface area contributed by atoms with E-state index in [1.165, 1.54) is 0 Å². The molecule has 2 aromatic heterocycles. The Morgan fingerprint density at radius 3 is 1.78 bits per heavy atom. The summed E-state index contributed by atoms with van der Waals surface area (Å²) in [7, 11) is 0. The van der Waals surface area contributed by atoms with E-state index in [0.29, 0.717) is 80.5 Å². The number of pyridine rings is 2. The lowest BCUT2D eigenvalue weighted by molar-refractivity contribution is 0.0696. The van der Waals surface area contributed by atoms with Crippen LogP contribution in [-0.2, 0) is 13.1 Å². The summed E-state index contributed by atoms with van der Waals surface area (Å²) in [4.78, 5) is 42.4. The molecule has 6 aromatic rings. The van der Waals surface area contributed by atoms with Gasteiger partial charge >= 0.3 is 5.97 Å². The normalized spacial score (nSPS) is 14.4. The first-order valence-corrected chi connectivity index (χ1v) is 22.4. The fourth-order valence-electron chi connectivity index (χ4n) is 7.81. The molecule has 4 aromatic carbocycles. The van der Waals surface area contributed by atoms with Crippen molar-refractivity contribution in [2.45, 2.75) is 13.1 Å². The van der Waals surface area contributed by atoms with Gasteiger partial charge in [-0.1, -0.05) is 87.8 Å². The second-order valence-electron chi connectivity index (χ2n) is 15.1. The van der Waals surface area contributed by atoms with Crippen molar-refractivity contribution < 1.29 is 14.7 Å². The topological polar surface area (TPSA) is 117 Å². The van der Waals surface area contributed by atoms with Crippen LogP contribution in [0.5, 0.6) is 0 Å². The molecule has 9 rings (SSSR count). The Morgan fingerprint density at radius 1 is 0.603 bits per heavy atom. The fraction of sp³-hybridized carbons (Fsp3) is 0.217. The average Bonchev–Trinajstić information content (AvgIpc) is 3.29. The summed E-state index contributed by atoms with van der Waals surface area (Å²) >= 11 is 37.3. The van der Waals surface area contributed by atoms with Gasteiger partial charge in [0.15, 0.2) is 0 Å². The summed E-state index contributed by atoms with van der Waals surface area (Å²) in [5.74, 6) is 0.533. The van der Waals surface area contributed by atoms with Crippen LogP contribution in [0, 0.1) is 0 Å². The number of carboxylic acid groups (broad SMARTS) is 1. The third-order valence-electron chi connectivity index (χ3n) is 11.1. The van der Waals surface area contributed by atoms with Gasteiger partial charge in [-0.05, 0) is 89.5 Å². The van der Waals surface area contributed by atoms with Crippen LogP contribution in [0.3, 0.4) is 0 Å². The van der Waals surface area contributed by atoms with E-state index in [4.69, 9.17) is 69.6 Å². The van der Waals surface area contributed by atoms with Crippen molar-refractivity contribution in [2.24, 2.45) is 0 Å². The van der Waals surface area contributed by atoms with Gasteiger partial charge < -0.3 is 35.3 Å². The van der Waals surface area contributed by atoms with Gasteiger partial charge in [-0.25, -0.2) is 14.8 Å². The van der Waals surface area contributed by atoms with Gasteiger partial charge in [0.1, 0.15) is 11.6 Å². The number of carbonyl (C=O) groups excluding carboxylic acids is 1. The number of hydrogen-bond acceptors (Lipinski definition) is 9. The maximum Gasteiger partial charge on any atom is 0.336 e. The molecule has 1 amide bonds. The van der Waals surface area contributed by atoms with E-state index in [1.807, 2.05) is 47.4 Å². The van der Waals surface area contributed by atoms with Crippen LogP contribution >= 0.6 is 69.6 Å². The lowest BCUT2D eigenvalue weighted by atomic mass is 10.0. The van der Waals surface area contributed by atoms with Crippen LogP contribution in [0.15, 0.2) is 103 Å². The summed E-state index contributed by atoms with van der Waals surface area (Å²) in [6, 6.07) is 27.3. The molecule has 11 nitrogen and oxygen atoms in total. The predicted octanol–water partition coefficient (Wildman–Crippen LogP) is 11.3. The third-order valence-corrected chi connectivity index (χ3v) is 13.0. The highest BCUT2D eigenvalue weighted by atomic mass is 35.5. The van der Waals surface area contributed by atoms with Crippen molar-refractivity contribution in [3.8, 4) is 11.1 Å². The number of anilines is 5. The predicted molar refractivity (Wildman–Crippen MR) is 257 cm³/mol. The number of amides is 1. The summed E-state index contributed by atoms with van der Waals surface area (Å²) in [5, 5.41) is 19.8. The molecule has 3 N–H and O–H groups in total. The van der Waals surface area contributed by atoms with Gasteiger partial charge in [-0.2, -0.15) is 0 Å². The molecule has 0 radical (unpaired) electrons. The Labute approximate surface area is 395 Å². The van der Waals surface area contributed by atoms with E-state index in [9.17, 15) is 14.7 Å². The molecule has 0 bridgehead atoms. The third kappa shape index (κ3) is 10.3. The van der Waals surface area contributed by atoms with E-state index in [2.05, 4.69) is 35.3 Å². The number of benzene rings is 4. The number of fused-ring (bicyclic) bond motifs is 2. The maximum atomic E-state index is 13.3. The summed E-state index contributed by atoms with van der Waals surface area (Å²) < 4.78 is 0. The van der Waals surface area contributed by atoms with E-state index in [1.54, 1.807) is 60.9 Å². The number of nitrogens with zero attached hydrogens (tertiary/aromatic N) is 6. The minimum atomic E-state index is -0.964. The first-order valence-electron chi connectivity index (χ1n) is 20.1. The fourth-order valence-corrected chi connectivity index (χ4v) is 8.84. The van der Waals surface area contributed by atoms with Gasteiger partial charge in [0.2, 0.25) is 0 Å². The number of piperazine rings is 1. The number of carboxylic acids is 1. The van der Waals surface area contributed by atoms with Crippen LogP contribution in [0.2, 0.25) is 30.1 Å². The number of halogens is 6. The molecule has 0 aliphatic carbocycles. The number of carbonyl (C=O) groups is 2. The molecule has 0 spiro atoms. The van der Waals surface area contributed by atoms with Crippen molar-refractivity contribution in [2.75, 3.05) is 77.7 Å². The van der Waals surface area contributed by atoms with Crippen LogP contribution in [0.1, 0.15) is 31.8 Å². The Morgan fingerprint density at radius 2 is 1.17 bits per heavy atom. The zero-order chi connectivity index (χ0) is 44.2. The number of aromatic nitrogens is 2. The second-order valence-corrected chi connectivity index (χ2v) is 17.6. The lowest BCUT2D eigenvalue weighted by Crippen LogP contribution is -2.48. The van der Waals surface area contributed by atoms with Gasteiger partial charge in [0, 0.05) is 109 Å². The summed E-state index contributed by atoms with van der Waals surface area (Å²) in [6.07, 6.45) is 3.35. The maximum absolute atomic E-state index is 13.3. The molecule has 0 saturated carbocycles. The van der Waals surface area contributed by atoms with Crippen molar-refractivity contribution in [1.29, 1.82) is 0 Å². The van der Waals surface area contributed by atoms with Crippen molar-refractivity contribution in [1.82, 2.24) is 14.9 Å². The standard InChI is InChI=1S/C25H23Cl4N5O.C21H17Cl2N3O2/c26-18-1-3-20(27)17(11-18)15-34-6-5-30-24-23(34)12-16(14-31-24)25(35)33-9-7-32(8-10-33)19-2-4-21(28)22(29)13-19;22-15-5-6-18(23)14(9-15)12-26-8-7-24-20-19(26)10-13(11-25-20)16-3-1-2-4-17(16)21(27)28/h1-4,11-14H,5-10,15H2,(H,30,31);1-6,9-11H,7-8,12H2,(H,24,25)(H,27,28). The number of nitrogens with one attached hydrogen (secondary N) is 2. The van der Waals surface area contributed by atoms with Gasteiger partial charge in [0.25, 0.3) is 5.91 Å². The van der Waals surface area contributed by atoms with E-state index < -0.39 is 5.97 Å². The molecular formula is C46H40Cl6N8O3. The molecule has 3 aliphatic rings. The monoisotopic (exact) mass is 962 g/mol. The van der Waals surface area contributed by atoms with E-state index in [-0.39, 0.29) is 11.5 Å². The molecule has 324 valence electrons. The van der Waals surface area contributed by atoms with Crippen molar-refractivity contribution in [3.63, 3.8) is 0 Å². The lowest BCUT2D eigenvalue weighted by Gasteiger charge is -2.36. The number of rotatable bonds is 8. The molecule has 1 saturated heterocycles. The van der Waals surface area contributed by atoms with E-state index >= 15 is 0 Å². The quantitative estimate of drug-likeness (QED) is 0.136. The van der Waals surface area contributed by atoms with Crippen LogP contribution in [-0.4, -0.2) is 84.2 Å².